The molecule has 2 heterocycles. The SMILES string of the molecule is c1csc(CN(C2CC2)C2CCNCc3ccccc32)c1. The molecule has 3 heteroatoms. The molecule has 110 valence electrons. The topological polar surface area (TPSA) is 15.3 Å². The highest BCUT2D eigenvalue weighted by molar-refractivity contribution is 7.09. The minimum atomic E-state index is 0.575. The molecule has 0 radical (unpaired) electrons. The Bertz CT molecular complexity index is 589. The van der Waals surface area contributed by atoms with Crippen LogP contribution < -0.4 is 5.32 Å². The fraction of sp³-hybridized carbons (Fsp3) is 0.444. The molecular weight excluding hydrogens is 276 g/mol. The lowest BCUT2D eigenvalue weighted by Gasteiger charge is -2.32. The molecule has 2 aromatic rings. The van der Waals surface area contributed by atoms with Crippen LogP contribution in [0, 0.1) is 0 Å². The van der Waals surface area contributed by atoms with Gasteiger partial charge in [0.25, 0.3) is 0 Å². The largest absolute Gasteiger partial charge is 0.313 e. The first-order valence-electron chi connectivity index (χ1n) is 7.98. The number of thiophene rings is 1. The molecule has 1 unspecified atom stereocenters. The van der Waals surface area contributed by atoms with Crippen molar-refractivity contribution in [3.8, 4) is 0 Å². The molecule has 0 spiro atoms. The summed E-state index contributed by atoms with van der Waals surface area (Å²) in [5, 5.41) is 5.78. The van der Waals surface area contributed by atoms with E-state index in [1.54, 1.807) is 5.56 Å². The molecule has 1 aliphatic heterocycles. The zero-order valence-corrected chi connectivity index (χ0v) is 13.1. The first-order chi connectivity index (χ1) is 10.4. The molecule has 1 aromatic heterocycles. The van der Waals surface area contributed by atoms with Crippen molar-refractivity contribution in [1.82, 2.24) is 10.2 Å². The van der Waals surface area contributed by atoms with E-state index in [0.717, 1.165) is 25.7 Å². The van der Waals surface area contributed by atoms with E-state index in [-0.39, 0.29) is 0 Å². The lowest BCUT2D eigenvalue weighted by Crippen LogP contribution is -2.31. The van der Waals surface area contributed by atoms with Gasteiger partial charge in [0, 0.05) is 30.1 Å². The summed E-state index contributed by atoms with van der Waals surface area (Å²) in [6.45, 7) is 3.25. The van der Waals surface area contributed by atoms with Gasteiger partial charge in [0.2, 0.25) is 0 Å². The van der Waals surface area contributed by atoms with Crippen LogP contribution in [-0.2, 0) is 13.1 Å². The van der Waals surface area contributed by atoms with Crippen LogP contribution in [-0.4, -0.2) is 17.5 Å². The molecular formula is C18H22N2S. The number of hydrogen-bond acceptors (Lipinski definition) is 3. The average Bonchev–Trinajstić information content (AvgIpc) is 3.27. The molecule has 1 aliphatic carbocycles. The van der Waals surface area contributed by atoms with Crippen LogP contribution in [0.5, 0.6) is 0 Å². The summed E-state index contributed by atoms with van der Waals surface area (Å²) in [6.07, 6.45) is 3.97. The first-order valence-corrected chi connectivity index (χ1v) is 8.86. The van der Waals surface area contributed by atoms with Crippen molar-refractivity contribution in [3.63, 3.8) is 0 Å². The Balaban J connectivity index is 1.65. The standard InChI is InChI=1S/C18H22N2S/c1-2-6-17-14(4-1)12-19-10-9-18(17)20(15-7-8-15)13-16-5-3-11-21-16/h1-6,11,15,18-19H,7-10,12-13H2. The zero-order valence-electron chi connectivity index (χ0n) is 12.3. The maximum atomic E-state index is 3.58. The van der Waals surface area contributed by atoms with Crippen LogP contribution in [0.25, 0.3) is 0 Å². The molecule has 4 rings (SSSR count). The second kappa shape index (κ2) is 5.91. The van der Waals surface area contributed by atoms with Crippen molar-refractivity contribution in [2.45, 2.75) is 44.4 Å². The van der Waals surface area contributed by atoms with Gasteiger partial charge in [-0.05, 0) is 48.4 Å². The minimum absolute atomic E-state index is 0.575. The highest BCUT2D eigenvalue weighted by Crippen LogP contribution is 2.39. The summed E-state index contributed by atoms with van der Waals surface area (Å²) in [6, 6.07) is 14.8. The van der Waals surface area contributed by atoms with Crippen LogP contribution in [0.15, 0.2) is 41.8 Å². The van der Waals surface area contributed by atoms with Crippen LogP contribution in [0.1, 0.15) is 41.3 Å². The molecule has 0 amide bonds. The molecule has 21 heavy (non-hydrogen) atoms. The van der Waals surface area contributed by atoms with Gasteiger partial charge in [-0.2, -0.15) is 0 Å². The van der Waals surface area contributed by atoms with Crippen molar-refractivity contribution in [2.24, 2.45) is 0 Å². The van der Waals surface area contributed by atoms with Gasteiger partial charge in [-0.15, -0.1) is 11.3 Å². The fourth-order valence-corrected chi connectivity index (χ4v) is 4.18. The Kier molecular flexibility index (Phi) is 3.80. The van der Waals surface area contributed by atoms with Gasteiger partial charge in [-0.3, -0.25) is 4.90 Å². The van der Waals surface area contributed by atoms with Gasteiger partial charge in [0.1, 0.15) is 0 Å². The number of hydrogen-bond donors (Lipinski definition) is 1. The average molecular weight is 298 g/mol. The smallest absolute Gasteiger partial charge is 0.0370 e. The van der Waals surface area contributed by atoms with E-state index < -0.39 is 0 Å². The third-order valence-corrected chi connectivity index (χ3v) is 5.52. The molecule has 0 saturated heterocycles. The highest BCUT2D eigenvalue weighted by atomic mass is 32.1. The molecule has 1 aromatic carbocycles. The van der Waals surface area contributed by atoms with E-state index in [2.05, 4.69) is 52.0 Å². The third kappa shape index (κ3) is 2.91. The van der Waals surface area contributed by atoms with E-state index in [1.807, 2.05) is 11.3 Å². The van der Waals surface area contributed by atoms with E-state index in [1.165, 1.54) is 29.7 Å². The monoisotopic (exact) mass is 298 g/mol. The van der Waals surface area contributed by atoms with Crippen LogP contribution in [0.3, 0.4) is 0 Å². The number of benzene rings is 1. The number of nitrogens with one attached hydrogen (secondary N) is 1. The molecule has 1 atom stereocenters. The summed E-state index contributed by atoms with van der Waals surface area (Å²) < 4.78 is 0. The maximum absolute atomic E-state index is 3.58. The number of fused-ring (bicyclic) bond motifs is 1. The van der Waals surface area contributed by atoms with Gasteiger partial charge in [-0.25, -0.2) is 0 Å². The third-order valence-electron chi connectivity index (χ3n) is 4.66. The van der Waals surface area contributed by atoms with Gasteiger partial charge in [-0.1, -0.05) is 30.3 Å². The Morgan fingerprint density at radius 2 is 2.00 bits per heavy atom. The summed E-state index contributed by atoms with van der Waals surface area (Å²) in [5.74, 6) is 0. The van der Waals surface area contributed by atoms with Crippen LogP contribution in [0.2, 0.25) is 0 Å². The molecule has 1 N–H and O–H groups in total. The Labute approximate surface area is 130 Å². The zero-order chi connectivity index (χ0) is 14.1. The molecule has 2 aliphatic rings. The van der Waals surface area contributed by atoms with E-state index >= 15 is 0 Å². The van der Waals surface area contributed by atoms with Crippen molar-refractivity contribution < 1.29 is 0 Å². The van der Waals surface area contributed by atoms with Crippen molar-refractivity contribution in [1.29, 1.82) is 0 Å². The molecule has 0 bridgehead atoms. The molecule has 2 nitrogen and oxygen atoms in total. The Morgan fingerprint density at radius 1 is 1.10 bits per heavy atom. The molecule has 1 saturated carbocycles. The normalized spacial score (nSPS) is 22.0. The van der Waals surface area contributed by atoms with Crippen molar-refractivity contribution in [3.05, 3.63) is 57.8 Å². The van der Waals surface area contributed by atoms with Crippen LogP contribution >= 0.6 is 11.3 Å². The van der Waals surface area contributed by atoms with Gasteiger partial charge >= 0.3 is 0 Å². The summed E-state index contributed by atoms with van der Waals surface area (Å²) in [7, 11) is 0. The second-order valence-corrected chi connectivity index (χ2v) is 7.20. The van der Waals surface area contributed by atoms with Crippen molar-refractivity contribution in [2.75, 3.05) is 6.54 Å². The van der Waals surface area contributed by atoms with Gasteiger partial charge < -0.3 is 5.32 Å². The fourth-order valence-electron chi connectivity index (χ4n) is 3.46. The van der Waals surface area contributed by atoms with E-state index in [0.29, 0.717) is 6.04 Å². The Morgan fingerprint density at radius 3 is 2.81 bits per heavy atom. The maximum Gasteiger partial charge on any atom is 0.0370 e. The predicted octanol–water partition coefficient (Wildman–Crippen LogP) is 3.95. The van der Waals surface area contributed by atoms with E-state index in [9.17, 15) is 0 Å². The quantitative estimate of drug-likeness (QED) is 0.919. The summed E-state index contributed by atoms with van der Waals surface area (Å²) in [4.78, 5) is 4.26. The number of nitrogens with zero attached hydrogens (tertiary/aromatic N) is 1. The predicted molar refractivity (Wildman–Crippen MR) is 88.4 cm³/mol. The lowest BCUT2D eigenvalue weighted by molar-refractivity contribution is 0.171. The van der Waals surface area contributed by atoms with E-state index in [4.69, 9.17) is 0 Å². The van der Waals surface area contributed by atoms with Gasteiger partial charge in [0.05, 0.1) is 0 Å². The van der Waals surface area contributed by atoms with Gasteiger partial charge in [0.15, 0.2) is 0 Å². The molecule has 1 fully saturated rings. The van der Waals surface area contributed by atoms with Crippen LogP contribution in [0.4, 0.5) is 0 Å². The second-order valence-electron chi connectivity index (χ2n) is 6.16. The summed E-state index contributed by atoms with van der Waals surface area (Å²) in [5.41, 5.74) is 3.03. The minimum Gasteiger partial charge on any atom is -0.313 e. The highest BCUT2D eigenvalue weighted by Gasteiger charge is 2.35. The lowest BCUT2D eigenvalue weighted by atomic mass is 9.97. The van der Waals surface area contributed by atoms with Crippen molar-refractivity contribution >= 4 is 11.3 Å². The first kappa shape index (κ1) is 13.5. The summed E-state index contributed by atoms with van der Waals surface area (Å²) >= 11 is 1.89. The Hall–Kier alpha value is -1.16. The number of rotatable bonds is 4.